The summed E-state index contributed by atoms with van der Waals surface area (Å²) in [6.45, 7) is 1.58. The van der Waals surface area contributed by atoms with Crippen molar-refractivity contribution in [2.24, 2.45) is 0 Å². The van der Waals surface area contributed by atoms with Crippen LogP contribution in [0.3, 0.4) is 0 Å². The van der Waals surface area contributed by atoms with Gasteiger partial charge < -0.3 is 10.8 Å². The molecule has 0 aliphatic rings. The molecule has 3 aromatic rings. The largest absolute Gasteiger partial charge is 0.433 e. The Morgan fingerprint density at radius 1 is 1.16 bits per heavy atom. The number of aliphatic hydroxyl groups excluding tert-OH is 1. The third kappa shape index (κ3) is 3.08. The number of pyridine rings is 2. The van der Waals surface area contributed by atoms with Gasteiger partial charge in [-0.05, 0) is 36.8 Å². The van der Waals surface area contributed by atoms with Crippen molar-refractivity contribution in [3.63, 3.8) is 0 Å². The van der Waals surface area contributed by atoms with Gasteiger partial charge in [-0.2, -0.15) is 13.2 Å². The highest BCUT2D eigenvalue weighted by Gasteiger charge is 2.33. The van der Waals surface area contributed by atoms with Crippen molar-refractivity contribution in [1.82, 2.24) is 9.55 Å². The van der Waals surface area contributed by atoms with Crippen LogP contribution in [0, 0.1) is 0 Å². The summed E-state index contributed by atoms with van der Waals surface area (Å²) in [4.78, 5) is 16.0. The Hall–Kier alpha value is -2.87. The van der Waals surface area contributed by atoms with E-state index in [0.717, 1.165) is 16.7 Å². The molecule has 1 aromatic carbocycles. The molecule has 25 heavy (non-hydrogen) atoms. The van der Waals surface area contributed by atoms with Gasteiger partial charge in [-0.3, -0.25) is 9.36 Å². The van der Waals surface area contributed by atoms with Crippen LogP contribution in [0.15, 0.2) is 47.3 Å². The van der Waals surface area contributed by atoms with Gasteiger partial charge in [-0.1, -0.05) is 12.1 Å². The van der Waals surface area contributed by atoms with E-state index in [1.807, 2.05) is 0 Å². The number of nitrogens with zero attached hydrogens (tertiary/aromatic N) is 2. The van der Waals surface area contributed by atoms with Crippen molar-refractivity contribution in [3.8, 4) is 5.69 Å². The number of alkyl halides is 3. The molecule has 3 N–H and O–H groups in total. The number of halogens is 3. The van der Waals surface area contributed by atoms with Crippen LogP contribution in [-0.2, 0) is 6.18 Å². The van der Waals surface area contributed by atoms with E-state index in [2.05, 4.69) is 4.98 Å². The number of nitrogen functional groups attached to an aromatic ring is 1. The van der Waals surface area contributed by atoms with Crippen LogP contribution in [0.25, 0.3) is 16.7 Å². The average Bonchev–Trinajstić information content (AvgIpc) is 2.54. The topological polar surface area (TPSA) is 81.1 Å². The summed E-state index contributed by atoms with van der Waals surface area (Å²) in [7, 11) is 0. The van der Waals surface area contributed by atoms with Gasteiger partial charge in [0.1, 0.15) is 11.3 Å². The van der Waals surface area contributed by atoms with Crippen molar-refractivity contribution in [3.05, 3.63) is 64.1 Å². The molecule has 5 nitrogen and oxygen atoms in total. The molecule has 3 rings (SSSR count). The maximum absolute atomic E-state index is 13.0. The lowest BCUT2D eigenvalue weighted by atomic mass is 10.1. The monoisotopic (exact) mass is 349 g/mol. The van der Waals surface area contributed by atoms with E-state index < -0.39 is 23.5 Å². The number of hydrogen-bond acceptors (Lipinski definition) is 4. The average molecular weight is 349 g/mol. The second kappa shape index (κ2) is 5.89. The van der Waals surface area contributed by atoms with Crippen LogP contribution >= 0.6 is 0 Å². The first-order valence-corrected chi connectivity index (χ1v) is 7.36. The second-order valence-electron chi connectivity index (χ2n) is 5.61. The molecule has 0 unspecified atom stereocenters. The van der Waals surface area contributed by atoms with Crippen LogP contribution in [-0.4, -0.2) is 14.7 Å². The van der Waals surface area contributed by atoms with Gasteiger partial charge in [-0.25, -0.2) is 4.98 Å². The predicted molar refractivity (Wildman–Crippen MR) is 87.4 cm³/mol. The Morgan fingerprint density at radius 2 is 1.80 bits per heavy atom. The standard InChI is InChI=1S/C17H14F3N3O2/c1-9(24)10-2-4-11(5-3-10)23-15(25)8-13(21)12-6-7-14(17(18,19)20)22-16(12)23/h2-9,24H,21H2,1H3/t9-/m1/s1. The minimum Gasteiger partial charge on any atom is -0.398 e. The summed E-state index contributed by atoms with van der Waals surface area (Å²) < 4.78 is 40.0. The molecule has 0 aliphatic carbocycles. The van der Waals surface area contributed by atoms with Crippen LogP contribution in [0.5, 0.6) is 0 Å². The molecule has 0 fully saturated rings. The molecule has 2 heterocycles. The zero-order valence-electron chi connectivity index (χ0n) is 13.1. The Kier molecular flexibility index (Phi) is 4.00. The molecular weight excluding hydrogens is 335 g/mol. The lowest BCUT2D eigenvalue weighted by molar-refractivity contribution is -0.141. The molecule has 0 amide bonds. The first kappa shape index (κ1) is 17.0. The summed E-state index contributed by atoms with van der Waals surface area (Å²) in [6, 6.07) is 9.39. The van der Waals surface area contributed by atoms with Crippen molar-refractivity contribution in [1.29, 1.82) is 0 Å². The number of fused-ring (bicyclic) bond motifs is 1. The maximum atomic E-state index is 13.0. The Balaban J connectivity index is 2.31. The van der Waals surface area contributed by atoms with Gasteiger partial charge >= 0.3 is 6.18 Å². The number of benzene rings is 1. The van der Waals surface area contributed by atoms with Gasteiger partial charge in [0.2, 0.25) is 0 Å². The molecule has 0 spiro atoms. The minimum atomic E-state index is -4.64. The maximum Gasteiger partial charge on any atom is 0.433 e. The van der Waals surface area contributed by atoms with E-state index in [9.17, 15) is 23.1 Å². The van der Waals surface area contributed by atoms with Gasteiger partial charge in [0.05, 0.1) is 11.8 Å². The van der Waals surface area contributed by atoms with Crippen LogP contribution in [0.1, 0.15) is 24.3 Å². The zero-order valence-corrected chi connectivity index (χ0v) is 13.1. The fourth-order valence-corrected chi connectivity index (χ4v) is 2.53. The Bertz CT molecular complexity index is 993. The number of nitrogens with two attached hydrogens (primary N) is 1. The van der Waals surface area contributed by atoms with E-state index in [4.69, 9.17) is 5.73 Å². The summed E-state index contributed by atoms with van der Waals surface area (Å²) in [5.74, 6) is 0. The third-order valence-electron chi connectivity index (χ3n) is 3.82. The molecule has 1 atom stereocenters. The molecule has 0 bridgehead atoms. The summed E-state index contributed by atoms with van der Waals surface area (Å²) in [6.07, 6.45) is -5.35. The summed E-state index contributed by atoms with van der Waals surface area (Å²) in [5, 5.41) is 9.79. The Labute approximate surface area is 140 Å². The normalized spacial score (nSPS) is 13.2. The first-order valence-electron chi connectivity index (χ1n) is 7.36. The van der Waals surface area contributed by atoms with Crippen LogP contribution in [0.2, 0.25) is 0 Å². The van der Waals surface area contributed by atoms with Gasteiger partial charge in [0.15, 0.2) is 0 Å². The fraction of sp³-hybridized carbons (Fsp3) is 0.176. The number of hydrogen-bond donors (Lipinski definition) is 2. The van der Waals surface area contributed by atoms with E-state index in [1.54, 1.807) is 19.1 Å². The molecule has 0 saturated carbocycles. The lowest BCUT2D eigenvalue weighted by Gasteiger charge is -2.14. The molecule has 130 valence electrons. The molecule has 0 saturated heterocycles. The third-order valence-corrected chi connectivity index (χ3v) is 3.82. The zero-order chi connectivity index (χ0) is 18.4. The molecule has 8 heteroatoms. The fourth-order valence-electron chi connectivity index (χ4n) is 2.53. The van der Waals surface area contributed by atoms with Crippen LogP contribution in [0.4, 0.5) is 18.9 Å². The van der Waals surface area contributed by atoms with E-state index >= 15 is 0 Å². The second-order valence-corrected chi connectivity index (χ2v) is 5.61. The first-order chi connectivity index (χ1) is 11.7. The quantitative estimate of drug-likeness (QED) is 0.745. The van der Waals surface area contributed by atoms with E-state index in [0.29, 0.717) is 11.3 Å². The van der Waals surface area contributed by atoms with Crippen molar-refractivity contribution in [2.75, 3.05) is 5.73 Å². The van der Waals surface area contributed by atoms with Crippen molar-refractivity contribution >= 4 is 16.7 Å². The Morgan fingerprint density at radius 3 is 2.36 bits per heavy atom. The number of aliphatic hydroxyl groups is 1. The highest BCUT2D eigenvalue weighted by Crippen LogP contribution is 2.30. The van der Waals surface area contributed by atoms with E-state index in [1.165, 1.54) is 18.2 Å². The molecular formula is C17H14F3N3O2. The highest BCUT2D eigenvalue weighted by atomic mass is 19.4. The van der Waals surface area contributed by atoms with Gasteiger partial charge in [0.25, 0.3) is 5.56 Å². The molecule has 0 radical (unpaired) electrons. The molecule has 0 aliphatic heterocycles. The predicted octanol–water partition coefficient (Wildman–Crippen LogP) is 3.04. The van der Waals surface area contributed by atoms with E-state index in [-0.39, 0.29) is 16.7 Å². The smallest absolute Gasteiger partial charge is 0.398 e. The lowest BCUT2D eigenvalue weighted by Crippen LogP contribution is -2.21. The minimum absolute atomic E-state index is 0.0538. The number of aromatic nitrogens is 2. The van der Waals surface area contributed by atoms with Crippen LogP contribution < -0.4 is 11.3 Å². The van der Waals surface area contributed by atoms with Crippen molar-refractivity contribution < 1.29 is 18.3 Å². The highest BCUT2D eigenvalue weighted by molar-refractivity contribution is 5.88. The van der Waals surface area contributed by atoms with Gasteiger partial charge in [-0.15, -0.1) is 0 Å². The van der Waals surface area contributed by atoms with Gasteiger partial charge in [0, 0.05) is 17.1 Å². The number of rotatable bonds is 2. The number of anilines is 1. The summed E-state index contributed by atoms with van der Waals surface area (Å²) in [5.41, 5.74) is 4.87. The van der Waals surface area contributed by atoms with Crippen molar-refractivity contribution in [2.45, 2.75) is 19.2 Å². The SMILES string of the molecule is C[C@@H](O)c1ccc(-n2c(=O)cc(N)c3ccc(C(F)(F)F)nc32)cc1. The summed E-state index contributed by atoms with van der Waals surface area (Å²) >= 11 is 0. The molecule has 2 aromatic heterocycles.